The van der Waals surface area contributed by atoms with Crippen molar-refractivity contribution in [1.82, 2.24) is 0 Å². The Morgan fingerprint density at radius 2 is 1.95 bits per heavy atom. The maximum Gasteiger partial charge on any atom is 0.151 e. The number of benzene rings is 1. The molecule has 0 aliphatic heterocycles. The number of rotatable bonds is 7. The fourth-order valence-corrected chi connectivity index (χ4v) is 4.09. The second kappa shape index (κ2) is 7.77. The molecule has 1 rings (SSSR count). The van der Waals surface area contributed by atoms with Crippen LogP contribution in [0, 0.1) is 0 Å². The molecule has 114 valence electrons. The summed E-state index contributed by atoms with van der Waals surface area (Å²) in [5, 5.41) is -0.505. The van der Waals surface area contributed by atoms with Crippen molar-refractivity contribution in [1.29, 1.82) is 0 Å². The average molecular weight is 430 g/mol. The number of sulfone groups is 1. The van der Waals surface area contributed by atoms with E-state index in [1.54, 1.807) is 14.0 Å². The molecule has 0 saturated heterocycles. The highest BCUT2D eigenvalue weighted by Gasteiger charge is 2.25. The Morgan fingerprint density at radius 1 is 1.30 bits per heavy atom. The van der Waals surface area contributed by atoms with Gasteiger partial charge in [-0.05, 0) is 40.5 Å². The molecule has 7 heteroatoms. The largest absolute Gasteiger partial charge is 0.490 e. The van der Waals surface area contributed by atoms with E-state index in [0.717, 1.165) is 10.0 Å². The van der Waals surface area contributed by atoms with E-state index >= 15 is 0 Å². The molecule has 0 aliphatic carbocycles. The first kappa shape index (κ1) is 17.9. The zero-order valence-corrected chi connectivity index (χ0v) is 15.6. The minimum absolute atomic E-state index is 0.262. The van der Waals surface area contributed by atoms with Gasteiger partial charge in [0.1, 0.15) is 12.4 Å². The summed E-state index contributed by atoms with van der Waals surface area (Å²) in [4.78, 5) is -0.262. The number of methoxy groups -OCH3 is 1. The Morgan fingerprint density at radius 3 is 2.45 bits per heavy atom. The monoisotopic (exact) mass is 428 g/mol. The zero-order valence-electron chi connectivity index (χ0n) is 11.6. The number of hydrogen-bond acceptors (Lipinski definition) is 4. The first-order valence-electron chi connectivity index (χ1n) is 6.01. The molecule has 0 spiro atoms. The van der Waals surface area contributed by atoms with Crippen molar-refractivity contribution in [2.75, 3.05) is 26.6 Å². The van der Waals surface area contributed by atoms with Gasteiger partial charge in [0, 0.05) is 13.4 Å². The SMILES string of the molecule is COCCOc1ccc(C(Br)C(C)S(C)(=O)=O)cc1Br. The van der Waals surface area contributed by atoms with Gasteiger partial charge in [-0.15, -0.1) is 0 Å². The lowest BCUT2D eigenvalue weighted by Crippen LogP contribution is -2.20. The van der Waals surface area contributed by atoms with Gasteiger partial charge in [-0.2, -0.15) is 0 Å². The van der Waals surface area contributed by atoms with Crippen molar-refractivity contribution in [3.63, 3.8) is 0 Å². The predicted octanol–water partition coefficient (Wildman–Crippen LogP) is 3.34. The summed E-state index contributed by atoms with van der Waals surface area (Å²) in [6, 6.07) is 5.54. The molecule has 2 unspecified atom stereocenters. The van der Waals surface area contributed by atoms with Gasteiger partial charge in [0.05, 0.1) is 21.2 Å². The van der Waals surface area contributed by atoms with Crippen molar-refractivity contribution >= 4 is 41.7 Å². The normalized spacial score (nSPS) is 14.8. The van der Waals surface area contributed by atoms with E-state index in [4.69, 9.17) is 9.47 Å². The molecule has 0 amide bonds. The van der Waals surface area contributed by atoms with Crippen molar-refractivity contribution in [3.05, 3.63) is 28.2 Å². The van der Waals surface area contributed by atoms with E-state index in [1.165, 1.54) is 6.26 Å². The maximum absolute atomic E-state index is 11.6. The highest BCUT2D eigenvalue weighted by Crippen LogP contribution is 2.35. The zero-order chi connectivity index (χ0) is 15.3. The van der Waals surface area contributed by atoms with Crippen LogP contribution in [0.3, 0.4) is 0 Å². The van der Waals surface area contributed by atoms with Crippen molar-refractivity contribution < 1.29 is 17.9 Å². The van der Waals surface area contributed by atoms with Crippen LogP contribution < -0.4 is 4.74 Å². The molecule has 2 atom stereocenters. The molecule has 0 radical (unpaired) electrons. The highest BCUT2D eigenvalue weighted by atomic mass is 79.9. The van der Waals surface area contributed by atoms with Crippen LogP contribution in [0.2, 0.25) is 0 Å². The van der Waals surface area contributed by atoms with E-state index in [2.05, 4.69) is 31.9 Å². The van der Waals surface area contributed by atoms with Gasteiger partial charge in [0.15, 0.2) is 9.84 Å². The maximum atomic E-state index is 11.6. The minimum atomic E-state index is -3.10. The molecule has 1 aromatic rings. The predicted molar refractivity (Wildman–Crippen MR) is 87.5 cm³/mol. The third-order valence-corrected chi connectivity index (χ3v) is 6.82. The van der Waals surface area contributed by atoms with E-state index < -0.39 is 15.1 Å². The van der Waals surface area contributed by atoms with Gasteiger partial charge in [-0.1, -0.05) is 22.0 Å². The molecular weight excluding hydrogens is 412 g/mol. The van der Waals surface area contributed by atoms with Crippen LogP contribution in [0.4, 0.5) is 0 Å². The summed E-state index contributed by atoms with van der Waals surface area (Å²) in [5.74, 6) is 0.706. The molecule has 0 fully saturated rings. The molecule has 0 N–H and O–H groups in total. The molecule has 20 heavy (non-hydrogen) atoms. The number of hydrogen-bond donors (Lipinski definition) is 0. The first-order valence-corrected chi connectivity index (χ1v) is 9.67. The number of ether oxygens (including phenoxy) is 2. The van der Waals surface area contributed by atoms with E-state index in [-0.39, 0.29) is 4.83 Å². The van der Waals surface area contributed by atoms with Gasteiger partial charge in [0.2, 0.25) is 0 Å². The van der Waals surface area contributed by atoms with E-state index in [0.29, 0.717) is 19.0 Å². The van der Waals surface area contributed by atoms with Crippen LogP contribution in [0.25, 0.3) is 0 Å². The van der Waals surface area contributed by atoms with Crippen LogP contribution in [0.15, 0.2) is 22.7 Å². The molecule has 4 nitrogen and oxygen atoms in total. The van der Waals surface area contributed by atoms with E-state index in [9.17, 15) is 8.42 Å². The van der Waals surface area contributed by atoms with Gasteiger partial charge in [0.25, 0.3) is 0 Å². The molecule has 0 saturated carbocycles. The molecule has 0 aromatic heterocycles. The lowest BCUT2D eigenvalue weighted by atomic mass is 10.1. The highest BCUT2D eigenvalue weighted by molar-refractivity contribution is 9.10. The Labute approximate surface area is 137 Å². The Balaban J connectivity index is 2.86. The Kier molecular flexibility index (Phi) is 6.97. The third-order valence-electron chi connectivity index (χ3n) is 2.91. The second-order valence-corrected chi connectivity index (χ2v) is 8.71. The fourth-order valence-electron chi connectivity index (χ4n) is 1.53. The summed E-state index contributed by atoms with van der Waals surface area (Å²) in [6.07, 6.45) is 1.24. The van der Waals surface area contributed by atoms with Gasteiger partial charge in [-0.25, -0.2) is 8.42 Å². The molecule has 0 aliphatic rings. The summed E-state index contributed by atoms with van der Waals surface area (Å²) in [5.41, 5.74) is 0.883. The van der Waals surface area contributed by atoms with Gasteiger partial charge >= 0.3 is 0 Å². The molecule has 1 aromatic carbocycles. The third kappa shape index (κ3) is 5.02. The molecular formula is C13H18Br2O4S. The lowest BCUT2D eigenvalue weighted by molar-refractivity contribution is 0.146. The summed E-state index contributed by atoms with van der Waals surface area (Å²) in [6.45, 7) is 2.66. The first-order chi connectivity index (χ1) is 9.27. The molecule has 0 bridgehead atoms. The summed E-state index contributed by atoms with van der Waals surface area (Å²) >= 11 is 6.88. The topological polar surface area (TPSA) is 52.6 Å². The Hall–Kier alpha value is -0.110. The van der Waals surface area contributed by atoms with E-state index in [1.807, 2.05) is 18.2 Å². The molecule has 0 heterocycles. The summed E-state index contributed by atoms with van der Waals surface area (Å²) in [7, 11) is -1.49. The fraction of sp³-hybridized carbons (Fsp3) is 0.538. The van der Waals surface area contributed by atoms with Crippen LogP contribution in [0.1, 0.15) is 17.3 Å². The van der Waals surface area contributed by atoms with Crippen LogP contribution in [0.5, 0.6) is 5.75 Å². The smallest absolute Gasteiger partial charge is 0.151 e. The van der Waals surface area contributed by atoms with Gasteiger partial charge < -0.3 is 9.47 Å². The second-order valence-electron chi connectivity index (χ2n) is 4.47. The Bertz CT molecular complexity index is 545. The summed E-state index contributed by atoms with van der Waals surface area (Å²) < 4.78 is 34.4. The minimum Gasteiger partial charge on any atom is -0.490 e. The lowest BCUT2D eigenvalue weighted by Gasteiger charge is -2.18. The van der Waals surface area contributed by atoms with Gasteiger partial charge in [-0.3, -0.25) is 0 Å². The van der Waals surface area contributed by atoms with Crippen molar-refractivity contribution in [2.45, 2.75) is 17.0 Å². The number of halogens is 2. The van der Waals surface area contributed by atoms with Crippen molar-refractivity contribution in [3.8, 4) is 5.75 Å². The quantitative estimate of drug-likeness (QED) is 0.492. The van der Waals surface area contributed by atoms with Crippen LogP contribution in [-0.4, -0.2) is 40.2 Å². The van der Waals surface area contributed by atoms with Crippen molar-refractivity contribution in [2.24, 2.45) is 0 Å². The van der Waals surface area contributed by atoms with Crippen LogP contribution >= 0.6 is 31.9 Å². The number of alkyl halides is 1. The average Bonchev–Trinajstić information content (AvgIpc) is 2.38. The standard InChI is InChI=1S/C13H18Br2O4S/c1-9(20(3,16)17)13(15)10-4-5-12(11(14)8-10)19-7-6-18-2/h4-5,8-9,13H,6-7H2,1-3H3. The van der Waals surface area contributed by atoms with Crippen LogP contribution in [-0.2, 0) is 14.6 Å².